The molecule has 0 heterocycles. The van der Waals surface area contributed by atoms with E-state index in [-0.39, 0.29) is 5.91 Å². The molecule has 1 N–H and O–H groups in total. The topological polar surface area (TPSA) is 38.3 Å². The predicted octanol–water partition coefficient (Wildman–Crippen LogP) is 5.48. The largest absolute Gasteiger partial charge is 0.489 e. The van der Waals surface area contributed by atoms with Gasteiger partial charge in [0.2, 0.25) is 0 Å². The molecule has 3 rings (SSSR count). The number of benzene rings is 3. The fraction of sp³-hybridized carbons (Fsp3) is 0.0952. The van der Waals surface area contributed by atoms with Crippen LogP contribution in [-0.4, -0.2) is 5.91 Å². The van der Waals surface area contributed by atoms with Crippen molar-refractivity contribution >= 4 is 23.2 Å². The van der Waals surface area contributed by atoms with Crippen LogP contribution in [0.25, 0.3) is 0 Å². The van der Waals surface area contributed by atoms with E-state index < -0.39 is 0 Å². The fourth-order valence-electron chi connectivity index (χ4n) is 2.34. The molecule has 0 atom stereocenters. The van der Waals surface area contributed by atoms with Crippen LogP contribution in [0.4, 0.5) is 5.69 Å². The van der Waals surface area contributed by atoms with Crippen LogP contribution in [0, 0.1) is 6.92 Å². The summed E-state index contributed by atoms with van der Waals surface area (Å²) in [4.78, 5) is 12.4. The Hall–Kier alpha value is -2.78. The summed E-state index contributed by atoms with van der Waals surface area (Å²) in [5.41, 5.74) is 3.24. The lowest BCUT2D eigenvalue weighted by molar-refractivity contribution is 0.102. The molecule has 0 fully saturated rings. The van der Waals surface area contributed by atoms with Crippen molar-refractivity contribution in [3.05, 3.63) is 94.5 Å². The highest BCUT2D eigenvalue weighted by atomic mass is 35.5. The van der Waals surface area contributed by atoms with Gasteiger partial charge in [0, 0.05) is 16.3 Å². The van der Waals surface area contributed by atoms with Crippen LogP contribution in [0.5, 0.6) is 5.75 Å². The Bertz CT molecular complexity index is 878. The Morgan fingerprint density at radius 1 is 1.00 bits per heavy atom. The van der Waals surface area contributed by atoms with Crippen LogP contribution in [-0.2, 0) is 6.61 Å². The number of amides is 1. The van der Waals surface area contributed by atoms with E-state index in [4.69, 9.17) is 16.3 Å². The first kappa shape index (κ1) is 17.1. The summed E-state index contributed by atoms with van der Waals surface area (Å²) in [7, 11) is 0. The minimum atomic E-state index is -0.204. The minimum Gasteiger partial charge on any atom is -0.489 e. The van der Waals surface area contributed by atoms with Crippen LogP contribution in [0.1, 0.15) is 21.5 Å². The molecule has 126 valence electrons. The number of hydrogen-bond acceptors (Lipinski definition) is 2. The number of carbonyl (C=O) groups excluding carboxylic acids is 1. The summed E-state index contributed by atoms with van der Waals surface area (Å²) >= 11 is 6.10. The van der Waals surface area contributed by atoms with Crippen molar-refractivity contribution in [1.82, 2.24) is 0 Å². The van der Waals surface area contributed by atoms with E-state index in [2.05, 4.69) is 5.32 Å². The van der Waals surface area contributed by atoms with Gasteiger partial charge in [0.25, 0.3) is 5.91 Å². The number of anilines is 1. The summed E-state index contributed by atoms with van der Waals surface area (Å²) in [5.74, 6) is 0.448. The van der Waals surface area contributed by atoms with Gasteiger partial charge in [0.15, 0.2) is 0 Å². The lowest BCUT2D eigenvalue weighted by atomic mass is 10.2. The van der Waals surface area contributed by atoms with Crippen LogP contribution < -0.4 is 10.1 Å². The monoisotopic (exact) mass is 351 g/mol. The second kappa shape index (κ2) is 7.86. The lowest BCUT2D eigenvalue weighted by Gasteiger charge is -2.09. The van der Waals surface area contributed by atoms with Gasteiger partial charge in [-0.2, -0.15) is 0 Å². The number of aryl methyl sites for hydroxylation is 1. The number of nitrogens with one attached hydrogen (secondary N) is 1. The zero-order valence-corrected chi connectivity index (χ0v) is 14.6. The lowest BCUT2D eigenvalue weighted by Crippen LogP contribution is -2.12. The van der Waals surface area contributed by atoms with Gasteiger partial charge in [-0.3, -0.25) is 4.79 Å². The predicted molar refractivity (Wildman–Crippen MR) is 101 cm³/mol. The minimum absolute atomic E-state index is 0.204. The zero-order chi connectivity index (χ0) is 17.6. The molecule has 0 aliphatic carbocycles. The summed E-state index contributed by atoms with van der Waals surface area (Å²) < 4.78 is 5.77. The number of carbonyl (C=O) groups is 1. The Balaban J connectivity index is 1.67. The van der Waals surface area contributed by atoms with Crippen LogP contribution >= 0.6 is 11.6 Å². The first-order valence-corrected chi connectivity index (χ1v) is 8.34. The molecule has 0 radical (unpaired) electrons. The van der Waals surface area contributed by atoms with E-state index in [1.54, 1.807) is 24.3 Å². The Morgan fingerprint density at radius 3 is 2.56 bits per heavy atom. The molecule has 0 unspecified atom stereocenters. The Kier molecular flexibility index (Phi) is 5.36. The van der Waals surface area contributed by atoms with Crippen molar-refractivity contribution in [2.45, 2.75) is 13.5 Å². The first-order valence-electron chi connectivity index (χ1n) is 7.96. The third kappa shape index (κ3) is 4.61. The van der Waals surface area contributed by atoms with Crippen molar-refractivity contribution < 1.29 is 9.53 Å². The van der Waals surface area contributed by atoms with E-state index >= 15 is 0 Å². The van der Waals surface area contributed by atoms with E-state index in [0.717, 1.165) is 11.1 Å². The van der Waals surface area contributed by atoms with Crippen molar-refractivity contribution in [3.8, 4) is 5.75 Å². The fourth-order valence-corrected chi connectivity index (χ4v) is 2.52. The maximum absolute atomic E-state index is 12.4. The highest BCUT2D eigenvalue weighted by Crippen LogP contribution is 2.21. The van der Waals surface area contributed by atoms with Crippen molar-refractivity contribution in [1.29, 1.82) is 0 Å². The first-order chi connectivity index (χ1) is 12.1. The number of hydrogen-bond donors (Lipinski definition) is 1. The van der Waals surface area contributed by atoms with Gasteiger partial charge in [-0.1, -0.05) is 54.1 Å². The second-order valence-electron chi connectivity index (χ2n) is 5.72. The standard InChI is InChI=1S/C21H18ClNO2/c1-15-10-11-18(13-20(15)22)23-21(24)17-8-5-9-19(12-17)25-14-16-6-3-2-4-7-16/h2-13H,14H2,1H3,(H,23,24). The molecule has 0 aliphatic rings. The second-order valence-corrected chi connectivity index (χ2v) is 6.13. The summed E-state index contributed by atoms with van der Waals surface area (Å²) in [6, 6.07) is 22.5. The molecule has 3 aromatic rings. The van der Waals surface area contributed by atoms with Crippen LogP contribution in [0.15, 0.2) is 72.8 Å². The molecule has 25 heavy (non-hydrogen) atoms. The molecule has 1 amide bonds. The van der Waals surface area contributed by atoms with E-state index in [9.17, 15) is 4.79 Å². The normalized spacial score (nSPS) is 10.3. The molecule has 0 saturated heterocycles. The maximum atomic E-state index is 12.4. The van der Waals surface area contributed by atoms with Crippen molar-refractivity contribution in [2.24, 2.45) is 0 Å². The van der Waals surface area contributed by atoms with Gasteiger partial charge in [0.1, 0.15) is 12.4 Å². The summed E-state index contributed by atoms with van der Waals surface area (Å²) in [6.07, 6.45) is 0. The van der Waals surface area contributed by atoms with E-state index in [1.807, 2.05) is 55.5 Å². The van der Waals surface area contributed by atoms with Crippen molar-refractivity contribution in [2.75, 3.05) is 5.32 Å². The van der Waals surface area contributed by atoms with E-state index in [1.165, 1.54) is 0 Å². The van der Waals surface area contributed by atoms with Crippen molar-refractivity contribution in [3.63, 3.8) is 0 Å². The highest BCUT2D eigenvalue weighted by Gasteiger charge is 2.08. The van der Waals surface area contributed by atoms with Gasteiger partial charge < -0.3 is 10.1 Å². The van der Waals surface area contributed by atoms with Crippen LogP contribution in [0.3, 0.4) is 0 Å². The number of rotatable bonds is 5. The Morgan fingerprint density at radius 2 is 1.80 bits per heavy atom. The molecule has 0 aliphatic heterocycles. The van der Waals surface area contributed by atoms with Gasteiger partial charge in [0.05, 0.1) is 0 Å². The van der Waals surface area contributed by atoms with Gasteiger partial charge in [-0.15, -0.1) is 0 Å². The van der Waals surface area contributed by atoms with Gasteiger partial charge >= 0.3 is 0 Å². The smallest absolute Gasteiger partial charge is 0.255 e. The average molecular weight is 352 g/mol. The number of ether oxygens (including phenoxy) is 1. The molecule has 0 spiro atoms. The third-order valence-corrected chi connectivity index (χ3v) is 4.18. The SMILES string of the molecule is Cc1ccc(NC(=O)c2cccc(OCc3ccccc3)c2)cc1Cl. The molecule has 3 nitrogen and oxygen atoms in total. The molecular weight excluding hydrogens is 334 g/mol. The molecule has 3 aromatic carbocycles. The van der Waals surface area contributed by atoms with Gasteiger partial charge in [-0.05, 0) is 48.4 Å². The van der Waals surface area contributed by atoms with Crippen LogP contribution in [0.2, 0.25) is 5.02 Å². The summed E-state index contributed by atoms with van der Waals surface area (Å²) in [5, 5.41) is 3.47. The molecule has 4 heteroatoms. The average Bonchev–Trinajstić information content (AvgIpc) is 2.64. The summed E-state index contributed by atoms with van der Waals surface area (Å²) in [6.45, 7) is 2.38. The molecule has 0 saturated carbocycles. The quantitative estimate of drug-likeness (QED) is 0.661. The Labute approximate surface area is 152 Å². The number of halogens is 1. The molecule has 0 bridgehead atoms. The zero-order valence-electron chi connectivity index (χ0n) is 13.8. The highest BCUT2D eigenvalue weighted by molar-refractivity contribution is 6.31. The van der Waals surface area contributed by atoms with E-state index in [0.29, 0.717) is 28.6 Å². The van der Waals surface area contributed by atoms with Gasteiger partial charge in [-0.25, -0.2) is 0 Å². The molecule has 0 aromatic heterocycles. The third-order valence-electron chi connectivity index (χ3n) is 3.77. The maximum Gasteiger partial charge on any atom is 0.255 e. The molecular formula is C21H18ClNO2.